The van der Waals surface area contributed by atoms with Crippen molar-refractivity contribution in [3.8, 4) is 5.75 Å². The van der Waals surface area contributed by atoms with E-state index in [2.05, 4.69) is 10.5 Å². The molecule has 5 heteroatoms. The molecule has 0 saturated heterocycles. The number of nitrogens with one attached hydrogen (secondary N) is 1. The number of carbonyl (C=O) groups is 1. The van der Waals surface area contributed by atoms with Gasteiger partial charge < -0.3 is 14.6 Å². The summed E-state index contributed by atoms with van der Waals surface area (Å²) < 4.78 is 10.2. The Bertz CT molecular complexity index is 549. The van der Waals surface area contributed by atoms with E-state index in [9.17, 15) is 4.79 Å². The standard InChI is InChI=1S/C13H14N2O3/c1-9-4-3-5-11(6-9)17-8-13(16)14-12-7-10(2)18-15-12/h3-7H,8H2,1-2H3,(H,14,15,16). The molecule has 5 nitrogen and oxygen atoms in total. The first-order valence-corrected chi connectivity index (χ1v) is 5.56. The molecule has 1 aromatic heterocycles. The third-order valence-electron chi connectivity index (χ3n) is 2.25. The molecule has 0 aliphatic carbocycles. The lowest BCUT2D eigenvalue weighted by atomic mass is 10.2. The average Bonchev–Trinajstić information content (AvgIpc) is 2.72. The number of hydrogen-bond donors (Lipinski definition) is 1. The fourth-order valence-electron chi connectivity index (χ4n) is 1.46. The van der Waals surface area contributed by atoms with E-state index in [1.807, 2.05) is 25.1 Å². The Morgan fingerprint density at radius 1 is 1.39 bits per heavy atom. The quantitative estimate of drug-likeness (QED) is 0.899. The average molecular weight is 246 g/mol. The van der Waals surface area contributed by atoms with Gasteiger partial charge >= 0.3 is 0 Å². The molecule has 2 aromatic rings. The summed E-state index contributed by atoms with van der Waals surface area (Å²) in [5.74, 6) is 1.43. The Morgan fingerprint density at radius 3 is 2.89 bits per heavy atom. The van der Waals surface area contributed by atoms with Gasteiger partial charge in [-0.2, -0.15) is 0 Å². The maximum absolute atomic E-state index is 11.6. The van der Waals surface area contributed by atoms with Gasteiger partial charge in [0.05, 0.1) is 0 Å². The molecule has 0 fully saturated rings. The molecule has 0 atom stereocenters. The number of rotatable bonds is 4. The van der Waals surface area contributed by atoms with Crippen LogP contribution in [-0.4, -0.2) is 17.7 Å². The van der Waals surface area contributed by atoms with Crippen molar-refractivity contribution < 1.29 is 14.1 Å². The van der Waals surface area contributed by atoms with Crippen LogP contribution in [0.25, 0.3) is 0 Å². The summed E-state index contributed by atoms with van der Waals surface area (Å²) in [6.07, 6.45) is 0. The first kappa shape index (κ1) is 12.2. The number of aryl methyl sites for hydroxylation is 2. The van der Waals surface area contributed by atoms with Crippen molar-refractivity contribution in [3.63, 3.8) is 0 Å². The summed E-state index contributed by atoms with van der Waals surface area (Å²) in [4.78, 5) is 11.6. The molecule has 0 aliphatic heterocycles. The largest absolute Gasteiger partial charge is 0.484 e. The highest BCUT2D eigenvalue weighted by Crippen LogP contribution is 2.12. The Morgan fingerprint density at radius 2 is 2.22 bits per heavy atom. The molecular formula is C13H14N2O3. The zero-order valence-corrected chi connectivity index (χ0v) is 10.3. The van der Waals surface area contributed by atoms with Crippen molar-refractivity contribution in [1.82, 2.24) is 5.16 Å². The predicted octanol–water partition coefficient (Wildman–Crippen LogP) is 2.31. The van der Waals surface area contributed by atoms with E-state index in [1.165, 1.54) is 0 Å². The molecule has 0 saturated carbocycles. The third kappa shape index (κ3) is 3.35. The molecule has 1 aromatic carbocycles. The van der Waals surface area contributed by atoms with Gasteiger partial charge in [0.2, 0.25) is 0 Å². The van der Waals surface area contributed by atoms with E-state index in [1.54, 1.807) is 19.1 Å². The fourth-order valence-corrected chi connectivity index (χ4v) is 1.46. The molecule has 0 radical (unpaired) electrons. The number of amides is 1. The number of benzene rings is 1. The van der Waals surface area contributed by atoms with Gasteiger partial charge in [0, 0.05) is 6.07 Å². The zero-order valence-electron chi connectivity index (χ0n) is 10.3. The van der Waals surface area contributed by atoms with Crippen LogP contribution < -0.4 is 10.1 Å². The van der Waals surface area contributed by atoms with Gasteiger partial charge in [-0.3, -0.25) is 4.79 Å². The third-order valence-corrected chi connectivity index (χ3v) is 2.25. The van der Waals surface area contributed by atoms with Crippen LogP contribution in [0.2, 0.25) is 0 Å². The number of ether oxygens (including phenoxy) is 1. The van der Waals surface area contributed by atoms with Crippen LogP contribution >= 0.6 is 0 Å². The van der Waals surface area contributed by atoms with E-state index >= 15 is 0 Å². The van der Waals surface area contributed by atoms with Gasteiger partial charge in [0.1, 0.15) is 11.5 Å². The second kappa shape index (κ2) is 5.35. The molecule has 1 N–H and O–H groups in total. The molecular weight excluding hydrogens is 232 g/mol. The molecule has 0 aliphatic rings. The number of anilines is 1. The van der Waals surface area contributed by atoms with Crippen molar-refractivity contribution in [2.24, 2.45) is 0 Å². The Hall–Kier alpha value is -2.30. The SMILES string of the molecule is Cc1cccc(OCC(=O)Nc2cc(C)on2)c1. The maximum atomic E-state index is 11.6. The number of nitrogens with zero attached hydrogens (tertiary/aromatic N) is 1. The molecule has 0 spiro atoms. The highest BCUT2D eigenvalue weighted by molar-refractivity contribution is 5.90. The minimum Gasteiger partial charge on any atom is -0.484 e. The molecule has 1 heterocycles. The second-order valence-electron chi connectivity index (χ2n) is 3.98. The monoisotopic (exact) mass is 246 g/mol. The van der Waals surface area contributed by atoms with Gasteiger partial charge in [-0.05, 0) is 31.5 Å². The highest BCUT2D eigenvalue weighted by Gasteiger charge is 2.06. The first-order chi connectivity index (χ1) is 8.63. The van der Waals surface area contributed by atoms with Crippen LogP contribution in [0.4, 0.5) is 5.82 Å². The summed E-state index contributed by atoms with van der Waals surface area (Å²) >= 11 is 0. The molecule has 2 rings (SSSR count). The van der Waals surface area contributed by atoms with Crippen molar-refractivity contribution in [1.29, 1.82) is 0 Å². The molecule has 0 unspecified atom stereocenters. The van der Waals surface area contributed by atoms with Gasteiger partial charge in [-0.25, -0.2) is 0 Å². The molecule has 1 amide bonds. The van der Waals surface area contributed by atoms with Gasteiger partial charge in [-0.1, -0.05) is 17.3 Å². The Kier molecular flexibility index (Phi) is 3.62. The van der Waals surface area contributed by atoms with Gasteiger partial charge in [0.25, 0.3) is 5.91 Å². The van der Waals surface area contributed by atoms with E-state index in [-0.39, 0.29) is 12.5 Å². The smallest absolute Gasteiger partial charge is 0.263 e. The topological polar surface area (TPSA) is 64.4 Å². The van der Waals surface area contributed by atoms with E-state index in [0.29, 0.717) is 17.3 Å². The molecule has 18 heavy (non-hydrogen) atoms. The van der Waals surface area contributed by atoms with Crippen LogP contribution in [0.1, 0.15) is 11.3 Å². The van der Waals surface area contributed by atoms with Crippen molar-refractivity contribution in [3.05, 3.63) is 41.7 Å². The number of hydrogen-bond acceptors (Lipinski definition) is 4. The lowest BCUT2D eigenvalue weighted by Gasteiger charge is -2.06. The Balaban J connectivity index is 1.85. The lowest BCUT2D eigenvalue weighted by molar-refractivity contribution is -0.118. The molecule has 0 bridgehead atoms. The van der Waals surface area contributed by atoms with Crippen LogP contribution in [0.15, 0.2) is 34.9 Å². The summed E-state index contributed by atoms with van der Waals surface area (Å²) in [7, 11) is 0. The lowest BCUT2D eigenvalue weighted by Crippen LogP contribution is -2.20. The number of aromatic nitrogens is 1. The van der Waals surface area contributed by atoms with Crippen molar-refractivity contribution in [2.75, 3.05) is 11.9 Å². The Labute approximate surface area is 105 Å². The summed E-state index contributed by atoms with van der Waals surface area (Å²) in [5, 5.41) is 6.24. The van der Waals surface area contributed by atoms with Crippen molar-refractivity contribution >= 4 is 11.7 Å². The minimum absolute atomic E-state index is 0.0602. The highest BCUT2D eigenvalue weighted by atomic mass is 16.5. The van der Waals surface area contributed by atoms with Crippen LogP contribution in [0.5, 0.6) is 5.75 Å². The van der Waals surface area contributed by atoms with Crippen LogP contribution in [-0.2, 0) is 4.79 Å². The van der Waals surface area contributed by atoms with Crippen LogP contribution in [0, 0.1) is 13.8 Å². The van der Waals surface area contributed by atoms with E-state index in [0.717, 1.165) is 5.56 Å². The van der Waals surface area contributed by atoms with Crippen LogP contribution in [0.3, 0.4) is 0 Å². The predicted molar refractivity (Wildman–Crippen MR) is 66.5 cm³/mol. The normalized spacial score (nSPS) is 10.1. The van der Waals surface area contributed by atoms with E-state index < -0.39 is 0 Å². The second-order valence-corrected chi connectivity index (χ2v) is 3.98. The van der Waals surface area contributed by atoms with E-state index in [4.69, 9.17) is 9.26 Å². The first-order valence-electron chi connectivity index (χ1n) is 5.56. The van der Waals surface area contributed by atoms with Gasteiger partial charge in [0.15, 0.2) is 12.4 Å². The number of carbonyl (C=O) groups excluding carboxylic acids is 1. The van der Waals surface area contributed by atoms with Crippen molar-refractivity contribution in [2.45, 2.75) is 13.8 Å². The van der Waals surface area contributed by atoms with Gasteiger partial charge in [-0.15, -0.1) is 0 Å². The minimum atomic E-state index is -0.273. The fraction of sp³-hybridized carbons (Fsp3) is 0.231. The summed E-state index contributed by atoms with van der Waals surface area (Å²) in [5.41, 5.74) is 1.08. The molecule has 94 valence electrons. The maximum Gasteiger partial charge on any atom is 0.263 e. The summed E-state index contributed by atoms with van der Waals surface area (Å²) in [6.45, 7) is 3.66. The summed E-state index contributed by atoms with van der Waals surface area (Å²) in [6, 6.07) is 9.16. The zero-order chi connectivity index (χ0) is 13.0.